The van der Waals surface area contributed by atoms with E-state index >= 15 is 0 Å². The number of halogens is 1. The lowest BCUT2D eigenvalue weighted by atomic mass is 9.96. The minimum absolute atomic E-state index is 0.173. The minimum atomic E-state index is -0.772. The maximum absolute atomic E-state index is 13.3. The van der Waals surface area contributed by atoms with E-state index in [9.17, 15) is 9.59 Å². The van der Waals surface area contributed by atoms with Gasteiger partial charge in [0.15, 0.2) is 6.10 Å². The fraction of sp³-hybridized carbons (Fsp3) is 0.250. The van der Waals surface area contributed by atoms with Crippen molar-refractivity contribution in [3.05, 3.63) is 86.7 Å². The van der Waals surface area contributed by atoms with Crippen molar-refractivity contribution in [2.75, 3.05) is 13.1 Å². The number of benzene rings is 2. The van der Waals surface area contributed by atoms with Crippen molar-refractivity contribution in [3.8, 4) is 23.6 Å². The van der Waals surface area contributed by atoms with Gasteiger partial charge in [-0.05, 0) is 50.1 Å². The molecule has 1 atom stereocenters. The molecule has 1 aromatic heterocycles. The van der Waals surface area contributed by atoms with Gasteiger partial charge in [0.05, 0.1) is 21.8 Å². The number of thiazole rings is 1. The van der Waals surface area contributed by atoms with Crippen molar-refractivity contribution in [3.63, 3.8) is 0 Å². The SMILES string of the molecule is C#CC(C=CC)OC(=O)c1ccccc1C(=O)N1CCC(c2nc(-c3cccc(Br)c3)cs2)CC1. The van der Waals surface area contributed by atoms with Crippen molar-refractivity contribution in [2.24, 2.45) is 0 Å². The molecular weight excluding hydrogens is 524 g/mol. The van der Waals surface area contributed by atoms with Crippen molar-refractivity contribution < 1.29 is 14.3 Å². The Balaban J connectivity index is 1.42. The lowest BCUT2D eigenvalue weighted by molar-refractivity contribution is 0.0467. The molecule has 2 aromatic carbocycles. The second-order valence-corrected chi connectivity index (χ2v) is 10.0. The molecule has 0 saturated carbocycles. The van der Waals surface area contributed by atoms with Gasteiger partial charge in [-0.2, -0.15) is 0 Å². The first-order valence-electron chi connectivity index (χ1n) is 11.4. The zero-order valence-corrected chi connectivity index (χ0v) is 21.7. The molecular formula is C28H25BrN2O3S. The average Bonchev–Trinajstić information content (AvgIpc) is 3.38. The van der Waals surface area contributed by atoms with Crippen LogP contribution in [0.25, 0.3) is 11.3 Å². The number of nitrogens with zero attached hydrogens (tertiary/aromatic N) is 2. The van der Waals surface area contributed by atoms with Gasteiger partial charge >= 0.3 is 5.97 Å². The normalized spacial score (nSPS) is 15.1. The molecule has 7 heteroatoms. The van der Waals surface area contributed by atoms with E-state index in [-0.39, 0.29) is 11.5 Å². The number of piperidine rings is 1. The summed E-state index contributed by atoms with van der Waals surface area (Å²) in [5, 5.41) is 3.19. The van der Waals surface area contributed by atoms with Crippen LogP contribution in [0.15, 0.2) is 70.5 Å². The van der Waals surface area contributed by atoms with Gasteiger partial charge in [0.1, 0.15) is 0 Å². The third-order valence-corrected chi connectivity index (χ3v) is 7.42. The number of ether oxygens (including phenoxy) is 1. The highest BCUT2D eigenvalue weighted by Gasteiger charge is 2.29. The Bertz CT molecular complexity index is 1290. The highest BCUT2D eigenvalue weighted by molar-refractivity contribution is 9.10. The number of hydrogen-bond acceptors (Lipinski definition) is 5. The van der Waals surface area contributed by atoms with Gasteiger partial charge in [-0.15, -0.1) is 17.8 Å². The van der Waals surface area contributed by atoms with Crippen molar-refractivity contribution in [2.45, 2.75) is 31.8 Å². The third-order valence-electron chi connectivity index (χ3n) is 5.92. The van der Waals surface area contributed by atoms with E-state index in [0.717, 1.165) is 33.6 Å². The zero-order chi connectivity index (χ0) is 24.8. The fourth-order valence-electron chi connectivity index (χ4n) is 4.09. The molecule has 1 aliphatic rings. The van der Waals surface area contributed by atoms with E-state index in [1.165, 1.54) is 0 Å². The predicted molar refractivity (Wildman–Crippen MR) is 142 cm³/mol. The molecule has 1 fully saturated rings. The number of likely N-dealkylation sites (tertiary alicyclic amines) is 1. The van der Waals surface area contributed by atoms with E-state index in [2.05, 4.69) is 39.4 Å². The van der Waals surface area contributed by atoms with Gasteiger partial charge in [0.2, 0.25) is 0 Å². The molecule has 0 bridgehead atoms. The molecule has 2 heterocycles. The molecule has 5 nitrogen and oxygen atoms in total. The predicted octanol–water partition coefficient (Wildman–Crippen LogP) is 6.33. The summed E-state index contributed by atoms with van der Waals surface area (Å²) in [5.41, 5.74) is 2.61. The Morgan fingerprint density at radius 2 is 1.94 bits per heavy atom. The van der Waals surface area contributed by atoms with Crippen LogP contribution < -0.4 is 0 Å². The smallest absolute Gasteiger partial charge is 0.340 e. The molecule has 1 amide bonds. The van der Waals surface area contributed by atoms with Crippen LogP contribution >= 0.6 is 27.3 Å². The molecule has 0 radical (unpaired) electrons. The zero-order valence-electron chi connectivity index (χ0n) is 19.3. The van der Waals surface area contributed by atoms with E-state index in [0.29, 0.717) is 24.6 Å². The largest absolute Gasteiger partial charge is 0.441 e. The summed E-state index contributed by atoms with van der Waals surface area (Å²) in [6.45, 7) is 3.00. The lowest BCUT2D eigenvalue weighted by Gasteiger charge is -2.31. The lowest BCUT2D eigenvalue weighted by Crippen LogP contribution is -2.38. The van der Waals surface area contributed by atoms with Crippen LogP contribution in [0.4, 0.5) is 0 Å². The Hall–Kier alpha value is -3.21. The van der Waals surface area contributed by atoms with Crippen LogP contribution in [-0.2, 0) is 4.74 Å². The average molecular weight is 549 g/mol. The topological polar surface area (TPSA) is 59.5 Å². The van der Waals surface area contributed by atoms with Crippen LogP contribution in [-0.4, -0.2) is 41.0 Å². The number of allylic oxidation sites excluding steroid dienone is 1. The standard InChI is InChI=1S/C28H25BrN2O3S/c1-3-8-22(4-2)34-28(33)24-12-6-5-11-23(24)27(32)31-15-13-19(14-16-31)26-30-25(18-35-26)20-9-7-10-21(29)17-20/h2-3,5-12,17-19,22H,13-16H2,1H3. The van der Waals surface area contributed by atoms with Crippen LogP contribution in [0.5, 0.6) is 0 Å². The van der Waals surface area contributed by atoms with Gasteiger partial charge < -0.3 is 9.64 Å². The summed E-state index contributed by atoms with van der Waals surface area (Å²) in [7, 11) is 0. The molecule has 35 heavy (non-hydrogen) atoms. The number of carbonyl (C=O) groups is 2. The first-order valence-corrected chi connectivity index (χ1v) is 13.1. The molecule has 1 unspecified atom stereocenters. The minimum Gasteiger partial charge on any atom is -0.441 e. The highest BCUT2D eigenvalue weighted by Crippen LogP contribution is 2.34. The Labute approximate surface area is 218 Å². The number of hydrogen-bond donors (Lipinski definition) is 0. The summed E-state index contributed by atoms with van der Waals surface area (Å²) in [6, 6.07) is 14.8. The van der Waals surface area contributed by atoms with Crippen molar-refractivity contribution >= 4 is 39.1 Å². The molecule has 178 valence electrons. The second kappa shape index (κ2) is 11.5. The Morgan fingerprint density at radius 3 is 2.63 bits per heavy atom. The van der Waals surface area contributed by atoms with Gasteiger partial charge in [-0.3, -0.25) is 4.79 Å². The van der Waals surface area contributed by atoms with Crippen molar-refractivity contribution in [1.29, 1.82) is 0 Å². The summed E-state index contributed by atoms with van der Waals surface area (Å²) in [6.07, 6.45) is 9.66. The fourth-order valence-corrected chi connectivity index (χ4v) is 5.49. The maximum atomic E-state index is 13.3. The molecule has 3 aromatic rings. The molecule has 4 rings (SSSR count). The molecule has 1 saturated heterocycles. The summed E-state index contributed by atoms with van der Waals surface area (Å²) >= 11 is 5.18. The number of rotatable bonds is 6. The van der Waals surface area contributed by atoms with Crippen LogP contribution in [0, 0.1) is 12.3 Å². The third kappa shape index (κ3) is 5.90. The molecule has 0 N–H and O–H groups in total. The quantitative estimate of drug-likeness (QED) is 0.205. The van der Waals surface area contributed by atoms with Crippen LogP contribution in [0.2, 0.25) is 0 Å². The number of aromatic nitrogens is 1. The molecule has 1 aliphatic heterocycles. The second-order valence-electron chi connectivity index (χ2n) is 8.21. The van der Waals surface area contributed by atoms with E-state index in [1.807, 2.05) is 12.1 Å². The van der Waals surface area contributed by atoms with E-state index in [1.54, 1.807) is 59.6 Å². The monoisotopic (exact) mass is 548 g/mol. The summed E-state index contributed by atoms with van der Waals surface area (Å²) in [5.74, 6) is 1.95. The first kappa shape index (κ1) is 24.9. The highest BCUT2D eigenvalue weighted by atomic mass is 79.9. The molecule has 0 aliphatic carbocycles. The van der Waals surface area contributed by atoms with Gasteiger partial charge in [-0.25, -0.2) is 9.78 Å². The number of esters is 1. The van der Waals surface area contributed by atoms with Crippen molar-refractivity contribution in [1.82, 2.24) is 9.88 Å². The maximum Gasteiger partial charge on any atom is 0.340 e. The Kier molecular flexibility index (Phi) is 8.17. The van der Waals surface area contributed by atoms with Gasteiger partial charge in [-0.1, -0.05) is 52.2 Å². The number of amides is 1. The summed E-state index contributed by atoms with van der Waals surface area (Å²) < 4.78 is 6.41. The molecule has 0 spiro atoms. The number of carbonyl (C=O) groups excluding carboxylic acids is 2. The van der Waals surface area contributed by atoms with Gasteiger partial charge in [0, 0.05) is 34.4 Å². The number of terminal acetylenes is 1. The van der Waals surface area contributed by atoms with Crippen LogP contribution in [0.1, 0.15) is 51.4 Å². The van der Waals surface area contributed by atoms with Crippen LogP contribution in [0.3, 0.4) is 0 Å². The summed E-state index contributed by atoms with van der Waals surface area (Å²) in [4.78, 5) is 32.7. The van der Waals surface area contributed by atoms with Gasteiger partial charge in [0.25, 0.3) is 5.91 Å². The Morgan fingerprint density at radius 1 is 1.20 bits per heavy atom. The van der Waals surface area contributed by atoms with E-state index < -0.39 is 12.1 Å². The van der Waals surface area contributed by atoms with E-state index in [4.69, 9.17) is 16.1 Å². The first-order chi connectivity index (χ1) is 17.0.